The van der Waals surface area contributed by atoms with Crippen molar-refractivity contribution in [3.63, 3.8) is 0 Å². The molecule has 0 bridgehead atoms. The molecular formula is C13H24N2O2. The van der Waals surface area contributed by atoms with Gasteiger partial charge in [-0.2, -0.15) is 0 Å². The molecule has 4 heteroatoms. The first-order valence-corrected chi connectivity index (χ1v) is 6.74. The van der Waals surface area contributed by atoms with Gasteiger partial charge in [0.05, 0.1) is 12.6 Å². The molecule has 0 aromatic carbocycles. The highest BCUT2D eigenvalue weighted by atomic mass is 16.5. The Bertz CT molecular complexity index is 281. The Labute approximate surface area is 104 Å². The monoisotopic (exact) mass is 240 g/mol. The van der Waals surface area contributed by atoms with E-state index >= 15 is 0 Å². The maximum absolute atomic E-state index is 12.4. The molecule has 2 aliphatic heterocycles. The van der Waals surface area contributed by atoms with Crippen molar-refractivity contribution in [3.8, 4) is 0 Å². The predicted molar refractivity (Wildman–Crippen MR) is 66.5 cm³/mol. The van der Waals surface area contributed by atoms with E-state index in [1.165, 1.54) is 0 Å². The quantitative estimate of drug-likeness (QED) is 0.810. The van der Waals surface area contributed by atoms with Gasteiger partial charge in [-0.3, -0.25) is 4.79 Å². The molecule has 3 unspecified atom stereocenters. The van der Waals surface area contributed by atoms with Gasteiger partial charge < -0.3 is 15.0 Å². The van der Waals surface area contributed by atoms with Crippen molar-refractivity contribution in [3.05, 3.63) is 0 Å². The van der Waals surface area contributed by atoms with Crippen LogP contribution in [-0.2, 0) is 9.53 Å². The van der Waals surface area contributed by atoms with Gasteiger partial charge in [0.2, 0.25) is 5.91 Å². The number of nitrogens with zero attached hydrogens (tertiary/aromatic N) is 1. The van der Waals surface area contributed by atoms with Crippen LogP contribution in [0.5, 0.6) is 0 Å². The van der Waals surface area contributed by atoms with Crippen LogP contribution in [0.4, 0.5) is 0 Å². The third kappa shape index (κ3) is 2.63. The molecule has 3 atom stereocenters. The minimum Gasteiger partial charge on any atom is -0.358 e. The molecule has 98 valence electrons. The van der Waals surface area contributed by atoms with Crippen LogP contribution in [0.15, 0.2) is 0 Å². The first kappa shape index (κ1) is 12.8. The highest BCUT2D eigenvalue weighted by Gasteiger charge is 2.41. The summed E-state index contributed by atoms with van der Waals surface area (Å²) in [7, 11) is 1.86. The number of amides is 1. The van der Waals surface area contributed by atoms with Gasteiger partial charge in [0, 0.05) is 6.04 Å². The number of hydrogen-bond donors (Lipinski definition) is 1. The van der Waals surface area contributed by atoms with Crippen molar-refractivity contribution < 1.29 is 9.53 Å². The molecular weight excluding hydrogens is 216 g/mol. The number of hydrogen-bond acceptors (Lipinski definition) is 3. The molecule has 4 nitrogen and oxygen atoms in total. The summed E-state index contributed by atoms with van der Waals surface area (Å²) < 4.78 is 5.81. The summed E-state index contributed by atoms with van der Waals surface area (Å²) in [6.45, 7) is 5.12. The molecule has 1 amide bonds. The maximum Gasteiger partial charge on any atom is 0.242 e. The van der Waals surface area contributed by atoms with Crippen molar-refractivity contribution in [2.24, 2.45) is 5.92 Å². The Kier molecular flexibility index (Phi) is 4.05. The average molecular weight is 240 g/mol. The minimum atomic E-state index is -0.0623. The van der Waals surface area contributed by atoms with Gasteiger partial charge in [-0.1, -0.05) is 13.8 Å². The summed E-state index contributed by atoms with van der Waals surface area (Å²) in [6.07, 6.45) is 3.99. The van der Waals surface area contributed by atoms with Gasteiger partial charge in [-0.05, 0) is 38.6 Å². The fourth-order valence-corrected chi connectivity index (χ4v) is 3.00. The molecule has 0 aliphatic carbocycles. The van der Waals surface area contributed by atoms with Gasteiger partial charge in [0.15, 0.2) is 0 Å². The van der Waals surface area contributed by atoms with Gasteiger partial charge in [-0.15, -0.1) is 0 Å². The zero-order valence-corrected chi connectivity index (χ0v) is 11.1. The van der Waals surface area contributed by atoms with Crippen LogP contribution in [-0.4, -0.2) is 42.8 Å². The molecule has 2 rings (SSSR count). The smallest absolute Gasteiger partial charge is 0.242 e. The van der Waals surface area contributed by atoms with E-state index in [2.05, 4.69) is 19.2 Å². The van der Waals surface area contributed by atoms with Crippen LogP contribution in [0.2, 0.25) is 0 Å². The third-order valence-corrected chi connectivity index (χ3v) is 3.81. The number of fused-ring (bicyclic) bond motifs is 1. The van der Waals surface area contributed by atoms with Crippen LogP contribution in [0.1, 0.15) is 39.5 Å². The average Bonchev–Trinajstić information content (AvgIpc) is 2.58. The van der Waals surface area contributed by atoms with Crippen molar-refractivity contribution >= 4 is 5.91 Å². The molecule has 2 saturated heterocycles. The standard InChI is InChI=1S/C13H24N2O2/c1-9(2)8-10-4-5-12-15(10)13(16)11(14-3)6-7-17-12/h9-12,14H,4-8H2,1-3H3. The Balaban J connectivity index is 2.11. The Morgan fingerprint density at radius 1 is 1.41 bits per heavy atom. The van der Waals surface area contributed by atoms with Crippen molar-refractivity contribution in [2.75, 3.05) is 13.7 Å². The molecule has 0 spiro atoms. The molecule has 17 heavy (non-hydrogen) atoms. The van der Waals surface area contributed by atoms with E-state index in [-0.39, 0.29) is 18.2 Å². The molecule has 2 heterocycles. The number of likely N-dealkylation sites (N-methyl/N-ethyl adjacent to an activating group) is 1. The lowest BCUT2D eigenvalue weighted by molar-refractivity contribution is -0.142. The van der Waals surface area contributed by atoms with E-state index in [4.69, 9.17) is 4.74 Å². The second kappa shape index (κ2) is 5.36. The Morgan fingerprint density at radius 2 is 2.18 bits per heavy atom. The second-order valence-corrected chi connectivity index (χ2v) is 5.56. The van der Waals surface area contributed by atoms with E-state index in [1.807, 2.05) is 11.9 Å². The van der Waals surface area contributed by atoms with Gasteiger partial charge >= 0.3 is 0 Å². The predicted octanol–water partition coefficient (Wildman–Crippen LogP) is 1.36. The Morgan fingerprint density at radius 3 is 2.82 bits per heavy atom. The van der Waals surface area contributed by atoms with Crippen LogP contribution in [0.25, 0.3) is 0 Å². The number of nitrogens with one attached hydrogen (secondary N) is 1. The highest BCUT2D eigenvalue weighted by Crippen LogP contribution is 2.31. The number of carbonyl (C=O) groups is 1. The first-order chi connectivity index (χ1) is 8.13. The molecule has 0 saturated carbocycles. The zero-order chi connectivity index (χ0) is 12.4. The van der Waals surface area contributed by atoms with Crippen molar-refractivity contribution in [1.29, 1.82) is 0 Å². The lowest BCUT2D eigenvalue weighted by atomic mass is 10.0. The molecule has 0 radical (unpaired) electrons. The van der Waals surface area contributed by atoms with Crippen molar-refractivity contribution in [2.45, 2.75) is 57.8 Å². The summed E-state index contributed by atoms with van der Waals surface area (Å²) in [6, 6.07) is 0.314. The fraction of sp³-hybridized carbons (Fsp3) is 0.923. The molecule has 2 aliphatic rings. The van der Waals surface area contributed by atoms with E-state index in [0.717, 1.165) is 25.7 Å². The zero-order valence-electron chi connectivity index (χ0n) is 11.1. The van der Waals surface area contributed by atoms with Gasteiger partial charge in [-0.25, -0.2) is 0 Å². The summed E-state index contributed by atoms with van der Waals surface area (Å²) in [5.74, 6) is 0.862. The van der Waals surface area contributed by atoms with Crippen LogP contribution >= 0.6 is 0 Å². The lowest BCUT2D eigenvalue weighted by Crippen LogP contribution is -2.49. The molecule has 0 aromatic heterocycles. The van der Waals surface area contributed by atoms with Gasteiger partial charge in [0.25, 0.3) is 0 Å². The normalized spacial score (nSPS) is 34.0. The Hall–Kier alpha value is -0.610. The summed E-state index contributed by atoms with van der Waals surface area (Å²) in [5, 5.41) is 3.11. The second-order valence-electron chi connectivity index (χ2n) is 5.56. The summed E-state index contributed by atoms with van der Waals surface area (Å²) in [5.41, 5.74) is 0. The largest absolute Gasteiger partial charge is 0.358 e. The van der Waals surface area contributed by atoms with Gasteiger partial charge in [0.1, 0.15) is 6.23 Å². The van der Waals surface area contributed by atoms with Crippen LogP contribution in [0, 0.1) is 5.92 Å². The molecule has 0 aromatic rings. The number of rotatable bonds is 3. The maximum atomic E-state index is 12.4. The topological polar surface area (TPSA) is 41.6 Å². The summed E-state index contributed by atoms with van der Waals surface area (Å²) in [4.78, 5) is 14.4. The SMILES string of the molecule is CNC1CCOC2CCC(CC(C)C)N2C1=O. The lowest BCUT2D eigenvalue weighted by Gasteiger charge is -2.31. The molecule has 2 fully saturated rings. The summed E-state index contributed by atoms with van der Waals surface area (Å²) >= 11 is 0. The van der Waals surface area contributed by atoms with E-state index in [9.17, 15) is 4.79 Å². The van der Waals surface area contributed by atoms with E-state index in [0.29, 0.717) is 18.6 Å². The third-order valence-electron chi connectivity index (χ3n) is 3.81. The van der Waals surface area contributed by atoms with E-state index in [1.54, 1.807) is 0 Å². The van der Waals surface area contributed by atoms with E-state index < -0.39 is 0 Å². The van der Waals surface area contributed by atoms with Crippen LogP contribution < -0.4 is 5.32 Å². The number of carbonyl (C=O) groups excluding carboxylic acids is 1. The van der Waals surface area contributed by atoms with Crippen molar-refractivity contribution in [1.82, 2.24) is 10.2 Å². The first-order valence-electron chi connectivity index (χ1n) is 6.74. The van der Waals surface area contributed by atoms with Crippen LogP contribution in [0.3, 0.4) is 0 Å². The fourth-order valence-electron chi connectivity index (χ4n) is 3.00. The minimum absolute atomic E-state index is 0.0320. The number of ether oxygens (including phenoxy) is 1. The highest BCUT2D eigenvalue weighted by molar-refractivity contribution is 5.82. The molecule has 1 N–H and O–H groups in total.